The minimum absolute atomic E-state index is 0.0132. The fraction of sp³-hybridized carbons (Fsp3) is 0.579. The molecular formula is C19H26ClN5O2S. The number of halogens is 1. The Kier molecular flexibility index (Phi) is 5.62. The minimum atomic E-state index is -2.99. The molecule has 3 aliphatic heterocycles. The van der Waals surface area contributed by atoms with Crippen molar-refractivity contribution in [3.63, 3.8) is 0 Å². The quantitative estimate of drug-likeness (QED) is 0.795. The molecule has 152 valence electrons. The van der Waals surface area contributed by atoms with Crippen molar-refractivity contribution < 1.29 is 8.42 Å². The van der Waals surface area contributed by atoms with E-state index in [1.807, 2.05) is 24.3 Å². The van der Waals surface area contributed by atoms with Crippen LogP contribution >= 0.6 is 11.6 Å². The number of likely N-dealkylation sites (tertiary alicyclic amines) is 1. The Hall–Kier alpha value is -1.64. The highest BCUT2D eigenvalue weighted by molar-refractivity contribution is 7.91. The summed E-state index contributed by atoms with van der Waals surface area (Å²) in [5, 5.41) is 8.81. The largest absolute Gasteiger partial charge is 0.385 e. The Morgan fingerprint density at radius 1 is 1.11 bits per heavy atom. The van der Waals surface area contributed by atoms with E-state index in [0.717, 1.165) is 43.8 Å². The van der Waals surface area contributed by atoms with E-state index in [4.69, 9.17) is 17.3 Å². The van der Waals surface area contributed by atoms with E-state index < -0.39 is 9.84 Å². The Morgan fingerprint density at radius 3 is 2.46 bits per heavy atom. The van der Waals surface area contributed by atoms with Crippen LogP contribution < -0.4 is 5.73 Å². The van der Waals surface area contributed by atoms with Crippen LogP contribution in [0.25, 0.3) is 0 Å². The van der Waals surface area contributed by atoms with Gasteiger partial charge in [-0.1, -0.05) is 23.7 Å². The first kappa shape index (κ1) is 19.7. The van der Waals surface area contributed by atoms with E-state index >= 15 is 0 Å². The molecule has 1 atom stereocenters. The van der Waals surface area contributed by atoms with Gasteiger partial charge in [0.1, 0.15) is 11.7 Å². The van der Waals surface area contributed by atoms with E-state index in [-0.39, 0.29) is 17.5 Å². The molecule has 1 aromatic rings. The van der Waals surface area contributed by atoms with Gasteiger partial charge in [0.25, 0.3) is 0 Å². The standard InChI is InChI=1S/C19H26ClN5O2S/c20-15-3-1-14(2-4-15)11-17-13-28(26,27)10-9-25(17)16-5-7-24(8-6-16)19-12-18(21)22-23-19/h1-4,16-17H,5-13H2,(H2,21,22)/t17-/m0/s1. The molecule has 0 amide bonds. The number of benzene rings is 1. The summed E-state index contributed by atoms with van der Waals surface area (Å²) in [6, 6.07) is 8.13. The number of piperidine rings is 1. The summed E-state index contributed by atoms with van der Waals surface area (Å²) in [6.07, 6.45) is 3.35. The van der Waals surface area contributed by atoms with Crippen molar-refractivity contribution in [1.29, 1.82) is 0 Å². The van der Waals surface area contributed by atoms with E-state index in [0.29, 0.717) is 29.9 Å². The fourth-order valence-electron chi connectivity index (χ4n) is 4.43. The second-order valence-corrected chi connectivity index (χ2v) is 10.5. The van der Waals surface area contributed by atoms with Gasteiger partial charge in [-0.2, -0.15) is 0 Å². The van der Waals surface area contributed by atoms with Crippen LogP contribution in [0.1, 0.15) is 24.8 Å². The molecule has 2 fully saturated rings. The number of hydrogen-bond donors (Lipinski definition) is 1. The van der Waals surface area contributed by atoms with Crippen molar-refractivity contribution in [1.82, 2.24) is 9.80 Å². The van der Waals surface area contributed by atoms with Crippen molar-refractivity contribution in [3.8, 4) is 0 Å². The number of nitrogens with two attached hydrogens (primary N) is 1. The average molecular weight is 424 g/mol. The van der Waals surface area contributed by atoms with Crippen molar-refractivity contribution >= 4 is 33.1 Å². The molecular weight excluding hydrogens is 398 g/mol. The predicted molar refractivity (Wildman–Crippen MR) is 113 cm³/mol. The molecule has 0 aromatic heterocycles. The van der Waals surface area contributed by atoms with Gasteiger partial charge in [-0.05, 0) is 37.0 Å². The fourth-order valence-corrected chi connectivity index (χ4v) is 6.11. The molecule has 0 bridgehead atoms. The molecule has 1 aromatic carbocycles. The third-order valence-electron chi connectivity index (χ3n) is 5.89. The van der Waals surface area contributed by atoms with E-state index in [9.17, 15) is 8.42 Å². The second-order valence-electron chi connectivity index (χ2n) is 7.84. The summed E-state index contributed by atoms with van der Waals surface area (Å²) in [7, 11) is -2.99. The Balaban J connectivity index is 1.42. The van der Waals surface area contributed by atoms with Crippen LogP contribution in [0.2, 0.25) is 5.02 Å². The third-order valence-corrected chi connectivity index (χ3v) is 7.84. The Labute approximate surface area is 171 Å². The van der Waals surface area contributed by atoms with Crippen LogP contribution in [0.5, 0.6) is 0 Å². The highest BCUT2D eigenvalue weighted by atomic mass is 35.5. The lowest BCUT2D eigenvalue weighted by Crippen LogP contribution is -2.56. The van der Waals surface area contributed by atoms with Gasteiger partial charge in [-0.25, -0.2) is 8.42 Å². The predicted octanol–water partition coefficient (Wildman–Crippen LogP) is 1.52. The summed E-state index contributed by atoms with van der Waals surface area (Å²) in [6.45, 7) is 2.43. The van der Waals surface area contributed by atoms with Crippen molar-refractivity contribution in [3.05, 3.63) is 34.9 Å². The number of nitrogens with zero attached hydrogens (tertiary/aromatic N) is 4. The van der Waals surface area contributed by atoms with Gasteiger partial charge in [-0.15, -0.1) is 10.2 Å². The SMILES string of the molecule is NC1=NN=C(N2CCC(N3CCS(=O)(=O)C[C@@H]3Cc3ccc(Cl)cc3)CC2)C1. The van der Waals surface area contributed by atoms with E-state index in [1.54, 1.807) is 0 Å². The molecule has 28 heavy (non-hydrogen) atoms. The maximum absolute atomic E-state index is 12.3. The summed E-state index contributed by atoms with van der Waals surface area (Å²) >= 11 is 5.99. The molecule has 0 spiro atoms. The Morgan fingerprint density at radius 2 is 1.82 bits per heavy atom. The van der Waals surface area contributed by atoms with Gasteiger partial charge >= 0.3 is 0 Å². The number of hydrogen-bond acceptors (Lipinski definition) is 7. The number of amidine groups is 2. The van der Waals surface area contributed by atoms with Crippen LogP contribution in [0.4, 0.5) is 0 Å². The zero-order valence-corrected chi connectivity index (χ0v) is 17.4. The molecule has 0 unspecified atom stereocenters. The lowest BCUT2D eigenvalue weighted by atomic mass is 9.98. The lowest BCUT2D eigenvalue weighted by Gasteiger charge is -2.44. The van der Waals surface area contributed by atoms with Gasteiger partial charge in [-0.3, -0.25) is 4.90 Å². The highest BCUT2D eigenvalue weighted by Crippen LogP contribution is 2.26. The van der Waals surface area contributed by atoms with Crippen molar-refractivity contribution in [2.24, 2.45) is 15.9 Å². The molecule has 2 saturated heterocycles. The third kappa shape index (κ3) is 4.50. The summed E-state index contributed by atoms with van der Waals surface area (Å²) in [5.41, 5.74) is 6.86. The van der Waals surface area contributed by atoms with E-state index in [1.165, 1.54) is 0 Å². The Bertz CT molecular complexity index is 876. The molecule has 3 heterocycles. The summed E-state index contributed by atoms with van der Waals surface area (Å²) < 4.78 is 24.6. The molecule has 3 aliphatic rings. The van der Waals surface area contributed by atoms with Crippen molar-refractivity contribution in [2.45, 2.75) is 37.8 Å². The van der Waals surface area contributed by atoms with Crippen LogP contribution in [-0.2, 0) is 16.3 Å². The monoisotopic (exact) mass is 423 g/mol. The molecule has 4 rings (SSSR count). The number of rotatable bonds is 3. The first-order valence-corrected chi connectivity index (χ1v) is 11.9. The topological polar surface area (TPSA) is 91.4 Å². The normalized spacial score (nSPS) is 26.2. The molecule has 0 aliphatic carbocycles. The van der Waals surface area contributed by atoms with Gasteiger partial charge < -0.3 is 10.6 Å². The van der Waals surface area contributed by atoms with Crippen LogP contribution in [0, 0.1) is 0 Å². The average Bonchev–Trinajstić information content (AvgIpc) is 3.10. The zero-order valence-electron chi connectivity index (χ0n) is 15.8. The smallest absolute Gasteiger partial charge is 0.153 e. The molecule has 0 radical (unpaired) electrons. The maximum Gasteiger partial charge on any atom is 0.153 e. The van der Waals surface area contributed by atoms with Gasteiger partial charge in [0, 0.05) is 36.7 Å². The van der Waals surface area contributed by atoms with Crippen LogP contribution in [0.15, 0.2) is 34.5 Å². The number of sulfone groups is 1. The lowest BCUT2D eigenvalue weighted by molar-refractivity contribution is 0.101. The van der Waals surface area contributed by atoms with Gasteiger partial charge in [0.2, 0.25) is 0 Å². The highest BCUT2D eigenvalue weighted by Gasteiger charge is 2.37. The first-order valence-electron chi connectivity index (χ1n) is 9.74. The van der Waals surface area contributed by atoms with Crippen LogP contribution in [0.3, 0.4) is 0 Å². The second kappa shape index (κ2) is 8.00. The molecule has 9 heteroatoms. The minimum Gasteiger partial charge on any atom is -0.385 e. The zero-order chi connectivity index (χ0) is 19.7. The first-order chi connectivity index (χ1) is 13.4. The molecule has 0 saturated carbocycles. The molecule has 7 nitrogen and oxygen atoms in total. The van der Waals surface area contributed by atoms with Gasteiger partial charge in [0.05, 0.1) is 17.9 Å². The van der Waals surface area contributed by atoms with Gasteiger partial charge in [0.15, 0.2) is 9.84 Å². The van der Waals surface area contributed by atoms with Crippen molar-refractivity contribution in [2.75, 3.05) is 31.1 Å². The maximum atomic E-state index is 12.3. The molecule has 2 N–H and O–H groups in total. The summed E-state index contributed by atoms with van der Waals surface area (Å²) in [5.74, 6) is 2.00. The van der Waals surface area contributed by atoms with Crippen LogP contribution in [-0.4, -0.2) is 73.1 Å². The summed E-state index contributed by atoms with van der Waals surface area (Å²) in [4.78, 5) is 4.68. The van der Waals surface area contributed by atoms with E-state index in [2.05, 4.69) is 20.0 Å².